The Morgan fingerprint density at radius 3 is 2.77 bits per heavy atom. The van der Waals surface area contributed by atoms with Crippen LogP contribution in [0.15, 0.2) is 18.2 Å². The van der Waals surface area contributed by atoms with Crippen LogP contribution < -0.4 is 8.37 Å². The van der Waals surface area contributed by atoms with E-state index in [1.807, 2.05) is 13.0 Å². The second-order valence-corrected chi connectivity index (χ2v) is 3.82. The molecular weight excluding hydrogens is 192 g/mol. The summed E-state index contributed by atoms with van der Waals surface area (Å²) in [5, 5.41) is 0. The van der Waals surface area contributed by atoms with E-state index in [1.165, 1.54) is 0 Å². The molecule has 2 rings (SSSR count). The molecule has 0 amide bonds. The SMILES string of the molecule is CCc1cccc2c1OS(=O)(=O)O2. The maximum Gasteiger partial charge on any atom is 0.501 e. The molecule has 1 aliphatic heterocycles. The average Bonchev–Trinajstić information content (AvgIpc) is 2.37. The predicted octanol–water partition coefficient (Wildman–Crippen LogP) is 1.27. The molecule has 0 atom stereocenters. The lowest BCUT2D eigenvalue weighted by Crippen LogP contribution is -2.08. The summed E-state index contributed by atoms with van der Waals surface area (Å²) in [4.78, 5) is 0. The van der Waals surface area contributed by atoms with Crippen LogP contribution >= 0.6 is 0 Å². The largest absolute Gasteiger partial charge is 0.501 e. The van der Waals surface area contributed by atoms with Crippen LogP contribution in [-0.2, 0) is 16.8 Å². The molecule has 0 unspecified atom stereocenters. The van der Waals surface area contributed by atoms with Gasteiger partial charge >= 0.3 is 10.4 Å². The number of benzene rings is 1. The van der Waals surface area contributed by atoms with Gasteiger partial charge in [0.2, 0.25) is 0 Å². The Balaban J connectivity index is 2.57. The molecular formula is C8H8O4S. The third kappa shape index (κ3) is 1.35. The van der Waals surface area contributed by atoms with Gasteiger partial charge in [0.25, 0.3) is 0 Å². The molecule has 0 aromatic heterocycles. The fraction of sp³-hybridized carbons (Fsp3) is 0.250. The van der Waals surface area contributed by atoms with E-state index in [-0.39, 0.29) is 5.75 Å². The van der Waals surface area contributed by atoms with Crippen LogP contribution in [0.4, 0.5) is 0 Å². The molecule has 0 radical (unpaired) electrons. The number of aryl methyl sites for hydroxylation is 1. The third-order valence-electron chi connectivity index (χ3n) is 1.82. The van der Waals surface area contributed by atoms with Gasteiger partial charge in [-0.15, -0.1) is 8.42 Å². The van der Waals surface area contributed by atoms with E-state index in [1.54, 1.807) is 12.1 Å². The van der Waals surface area contributed by atoms with E-state index in [0.29, 0.717) is 12.2 Å². The van der Waals surface area contributed by atoms with E-state index >= 15 is 0 Å². The van der Waals surface area contributed by atoms with Crippen LogP contribution in [0.25, 0.3) is 0 Å². The molecule has 70 valence electrons. The molecule has 1 heterocycles. The van der Waals surface area contributed by atoms with Gasteiger partial charge in [-0.25, -0.2) is 0 Å². The zero-order valence-electron chi connectivity index (χ0n) is 6.98. The van der Waals surface area contributed by atoms with Crippen LogP contribution in [-0.4, -0.2) is 8.42 Å². The first-order chi connectivity index (χ1) is 6.12. The fourth-order valence-corrected chi connectivity index (χ4v) is 2.01. The summed E-state index contributed by atoms with van der Waals surface area (Å²) in [5.41, 5.74) is 0.832. The number of fused-ring (bicyclic) bond motifs is 1. The normalized spacial score (nSPS) is 17.3. The summed E-state index contributed by atoms with van der Waals surface area (Å²) >= 11 is 0. The summed E-state index contributed by atoms with van der Waals surface area (Å²) in [6, 6.07) is 5.12. The van der Waals surface area contributed by atoms with Crippen LogP contribution in [0, 0.1) is 0 Å². The van der Waals surface area contributed by atoms with Crippen molar-refractivity contribution in [2.45, 2.75) is 13.3 Å². The van der Waals surface area contributed by atoms with Crippen molar-refractivity contribution in [2.24, 2.45) is 0 Å². The molecule has 4 nitrogen and oxygen atoms in total. The highest BCUT2D eigenvalue weighted by molar-refractivity contribution is 7.82. The molecule has 0 saturated heterocycles. The Morgan fingerprint density at radius 1 is 1.31 bits per heavy atom. The summed E-state index contributed by atoms with van der Waals surface area (Å²) < 4.78 is 31.1. The molecule has 0 spiro atoms. The van der Waals surface area contributed by atoms with Crippen molar-refractivity contribution >= 4 is 10.4 Å². The summed E-state index contributed by atoms with van der Waals surface area (Å²) in [6.45, 7) is 1.92. The summed E-state index contributed by atoms with van der Waals surface area (Å²) in [7, 11) is -3.84. The average molecular weight is 200 g/mol. The van der Waals surface area contributed by atoms with Crippen molar-refractivity contribution in [3.8, 4) is 11.5 Å². The van der Waals surface area contributed by atoms with E-state index in [9.17, 15) is 8.42 Å². The lowest BCUT2D eigenvalue weighted by atomic mass is 10.1. The van der Waals surface area contributed by atoms with E-state index in [2.05, 4.69) is 8.37 Å². The molecule has 1 aromatic rings. The van der Waals surface area contributed by atoms with Gasteiger partial charge in [-0.2, -0.15) is 0 Å². The maximum absolute atomic E-state index is 10.9. The van der Waals surface area contributed by atoms with Gasteiger partial charge < -0.3 is 8.37 Å². The standard InChI is InChI=1S/C8H8O4S/c1-2-6-4-3-5-7-8(6)12-13(9,10)11-7/h3-5H,2H2,1H3. The lowest BCUT2D eigenvalue weighted by molar-refractivity contribution is 0.435. The summed E-state index contributed by atoms with van der Waals surface area (Å²) in [5.74, 6) is 0.601. The topological polar surface area (TPSA) is 52.6 Å². The zero-order chi connectivity index (χ0) is 9.47. The van der Waals surface area contributed by atoms with Crippen molar-refractivity contribution in [2.75, 3.05) is 0 Å². The molecule has 0 fully saturated rings. The van der Waals surface area contributed by atoms with Crippen molar-refractivity contribution < 1.29 is 16.8 Å². The van der Waals surface area contributed by atoms with Gasteiger partial charge in [0, 0.05) is 0 Å². The molecule has 13 heavy (non-hydrogen) atoms. The van der Waals surface area contributed by atoms with Gasteiger partial charge in [0.1, 0.15) is 0 Å². The monoisotopic (exact) mass is 200 g/mol. The number of rotatable bonds is 1. The quantitative estimate of drug-likeness (QED) is 0.685. The second kappa shape index (κ2) is 2.63. The molecule has 5 heteroatoms. The van der Waals surface area contributed by atoms with Gasteiger partial charge in [-0.05, 0) is 18.1 Å². The first-order valence-corrected chi connectivity index (χ1v) is 5.21. The molecule has 0 saturated carbocycles. The summed E-state index contributed by atoms with van der Waals surface area (Å²) in [6.07, 6.45) is 0.710. The minimum Gasteiger partial charge on any atom is -0.349 e. The van der Waals surface area contributed by atoms with Gasteiger partial charge in [-0.3, -0.25) is 0 Å². The second-order valence-electron chi connectivity index (χ2n) is 2.67. The highest BCUT2D eigenvalue weighted by atomic mass is 32.3. The Hall–Kier alpha value is -1.23. The minimum absolute atomic E-state index is 0.277. The molecule has 1 aromatic carbocycles. The lowest BCUT2D eigenvalue weighted by Gasteiger charge is -1.98. The van der Waals surface area contributed by atoms with Crippen molar-refractivity contribution in [3.05, 3.63) is 23.8 Å². The fourth-order valence-electron chi connectivity index (χ4n) is 1.23. The Morgan fingerprint density at radius 2 is 2.08 bits per heavy atom. The van der Waals surface area contributed by atoms with Gasteiger partial charge in [0.05, 0.1) is 0 Å². The number of hydrogen-bond donors (Lipinski definition) is 0. The van der Waals surface area contributed by atoms with Crippen LogP contribution in [0.3, 0.4) is 0 Å². The highest BCUT2D eigenvalue weighted by Crippen LogP contribution is 2.38. The van der Waals surface area contributed by atoms with Gasteiger partial charge in [0.15, 0.2) is 11.5 Å². The number of para-hydroxylation sites is 1. The Bertz CT molecular complexity index is 435. The van der Waals surface area contributed by atoms with E-state index in [0.717, 1.165) is 5.56 Å². The van der Waals surface area contributed by atoms with E-state index < -0.39 is 10.4 Å². The van der Waals surface area contributed by atoms with Crippen molar-refractivity contribution in [3.63, 3.8) is 0 Å². The van der Waals surface area contributed by atoms with Crippen molar-refractivity contribution in [1.82, 2.24) is 0 Å². The van der Waals surface area contributed by atoms with Crippen LogP contribution in [0.2, 0.25) is 0 Å². The molecule has 1 aliphatic rings. The Kier molecular flexibility index (Phi) is 1.69. The smallest absolute Gasteiger partial charge is 0.349 e. The minimum atomic E-state index is -3.84. The van der Waals surface area contributed by atoms with Crippen LogP contribution in [0.1, 0.15) is 12.5 Å². The van der Waals surface area contributed by atoms with Gasteiger partial charge in [-0.1, -0.05) is 19.1 Å². The van der Waals surface area contributed by atoms with Crippen molar-refractivity contribution in [1.29, 1.82) is 0 Å². The Labute approximate surface area is 76.4 Å². The first-order valence-electron chi connectivity index (χ1n) is 3.88. The zero-order valence-corrected chi connectivity index (χ0v) is 7.80. The predicted molar refractivity (Wildman–Crippen MR) is 46.0 cm³/mol. The third-order valence-corrected chi connectivity index (χ3v) is 2.57. The molecule has 0 aliphatic carbocycles. The molecule has 0 bridgehead atoms. The highest BCUT2D eigenvalue weighted by Gasteiger charge is 2.29. The van der Waals surface area contributed by atoms with Crippen LogP contribution in [0.5, 0.6) is 11.5 Å². The first kappa shape index (κ1) is 8.37. The molecule has 0 N–H and O–H groups in total. The number of hydrogen-bond acceptors (Lipinski definition) is 4. The van der Waals surface area contributed by atoms with E-state index in [4.69, 9.17) is 0 Å². The maximum atomic E-state index is 10.9.